The number of nitrogens with zero attached hydrogens (tertiary/aromatic N) is 1. The Hall–Kier alpha value is -1.82. The van der Waals surface area contributed by atoms with E-state index in [0.29, 0.717) is 17.5 Å². The molecule has 2 aliphatic carbocycles. The summed E-state index contributed by atoms with van der Waals surface area (Å²) in [4.78, 5) is 0. The van der Waals surface area contributed by atoms with Crippen LogP contribution in [0, 0.1) is 30.1 Å². The van der Waals surface area contributed by atoms with E-state index in [2.05, 4.69) is 39.0 Å². The van der Waals surface area contributed by atoms with Gasteiger partial charge in [-0.2, -0.15) is 5.26 Å². The van der Waals surface area contributed by atoms with Crippen molar-refractivity contribution in [2.45, 2.75) is 26.2 Å². The van der Waals surface area contributed by atoms with Crippen LogP contribution in [0.2, 0.25) is 5.02 Å². The van der Waals surface area contributed by atoms with Crippen molar-refractivity contribution in [2.75, 3.05) is 6.54 Å². The molecular weight excluding hydrogens is 304 g/mol. The lowest BCUT2D eigenvalue weighted by atomic mass is 9.52. The molecule has 2 bridgehead atoms. The number of hydrogen-bond donors (Lipinski definition) is 1. The summed E-state index contributed by atoms with van der Waals surface area (Å²) in [6.07, 6.45) is 0. The number of benzene rings is 2. The lowest BCUT2D eigenvalue weighted by molar-refractivity contribution is 0.286. The van der Waals surface area contributed by atoms with Gasteiger partial charge in [-0.3, -0.25) is 0 Å². The minimum absolute atomic E-state index is 0.0577. The average Bonchev–Trinajstić information content (AvgIpc) is 2.54. The molecule has 2 aliphatic rings. The van der Waals surface area contributed by atoms with Gasteiger partial charge in [-0.05, 0) is 53.3 Å². The predicted octanol–water partition coefficient (Wildman–Crippen LogP) is 4.67. The molecule has 0 saturated heterocycles. The normalized spacial score (nSPS) is 20.0. The van der Waals surface area contributed by atoms with E-state index < -0.39 is 5.41 Å². The molecule has 0 aromatic heterocycles. The predicted molar refractivity (Wildman–Crippen MR) is 95.4 cm³/mol. The van der Waals surface area contributed by atoms with Gasteiger partial charge in [0.25, 0.3) is 0 Å². The highest BCUT2D eigenvalue weighted by Crippen LogP contribution is 2.58. The molecule has 3 heteroatoms. The zero-order valence-electron chi connectivity index (χ0n) is 13.7. The van der Waals surface area contributed by atoms with Gasteiger partial charge in [-0.15, -0.1) is 0 Å². The third-order valence-electron chi connectivity index (χ3n) is 5.19. The topological polar surface area (TPSA) is 49.8 Å². The fourth-order valence-corrected chi connectivity index (χ4v) is 4.59. The Labute approximate surface area is 142 Å². The van der Waals surface area contributed by atoms with Crippen LogP contribution in [-0.4, -0.2) is 6.54 Å². The summed E-state index contributed by atoms with van der Waals surface area (Å²) in [5, 5.41) is 10.8. The van der Waals surface area contributed by atoms with Gasteiger partial charge < -0.3 is 5.73 Å². The third kappa shape index (κ3) is 2.04. The molecule has 2 N–H and O–H groups in total. The van der Waals surface area contributed by atoms with Crippen molar-refractivity contribution >= 4 is 11.6 Å². The highest BCUT2D eigenvalue weighted by atomic mass is 35.5. The first-order valence-electron chi connectivity index (χ1n) is 7.99. The maximum Gasteiger partial charge on any atom is 0.114 e. The fraction of sp³-hybridized carbons (Fsp3) is 0.350. The summed E-state index contributed by atoms with van der Waals surface area (Å²) in [6.45, 7) is 6.78. The van der Waals surface area contributed by atoms with Crippen molar-refractivity contribution in [1.29, 1.82) is 5.26 Å². The van der Waals surface area contributed by atoms with Crippen LogP contribution in [0.1, 0.15) is 30.5 Å². The summed E-state index contributed by atoms with van der Waals surface area (Å²) >= 11 is 6.59. The lowest BCUT2D eigenvalue weighted by Gasteiger charge is -2.48. The smallest absolute Gasteiger partial charge is 0.114 e. The van der Waals surface area contributed by atoms with Crippen molar-refractivity contribution < 1.29 is 0 Å². The SMILES string of the molecule is Cc1c2c(Cl)cc(-c3ccccc3)c1C2(C#N)C(CN)C(C)C. The van der Waals surface area contributed by atoms with Gasteiger partial charge in [0, 0.05) is 10.9 Å². The monoisotopic (exact) mass is 324 g/mol. The molecule has 118 valence electrons. The van der Waals surface area contributed by atoms with E-state index >= 15 is 0 Å². The Balaban J connectivity index is 2.29. The van der Waals surface area contributed by atoms with Crippen molar-refractivity contribution in [3.05, 3.63) is 58.1 Å². The second-order valence-electron chi connectivity index (χ2n) is 6.65. The summed E-state index contributed by atoms with van der Waals surface area (Å²) in [6, 6.07) is 14.7. The molecule has 0 spiro atoms. The number of nitrogens with two attached hydrogens (primary N) is 1. The fourth-order valence-electron chi connectivity index (χ4n) is 4.19. The van der Waals surface area contributed by atoms with E-state index in [1.54, 1.807) is 0 Å². The molecule has 0 aliphatic heterocycles. The molecule has 2 atom stereocenters. The van der Waals surface area contributed by atoms with Crippen LogP contribution in [0.25, 0.3) is 11.1 Å². The van der Waals surface area contributed by atoms with Crippen LogP contribution in [0.5, 0.6) is 0 Å². The first kappa shape index (κ1) is 16.1. The van der Waals surface area contributed by atoms with E-state index in [1.165, 1.54) is 0 Å². The third-order valence-corrected chi connectivity index (χ3v) is 5.49. The van der Waals surface area contributed by atoms with Crippen LogP contribution in [-0.2, 0) is 5.41 Å². The zero-order chi connectivity index (χ0) is 16.8. The Morgan fingerprint density at radius 3 is 2.35 bits per heavy atom. The van der Waals surface area contributed by atoms with E-state index in [1.807, 2.05) is 24.3 Å². The number of rotatable bonds is 4. The van der Waals surface area contributed by atoms with E-state index in [4.69, 9.17) is 17.3 Å². The minimum Gasteiger partial charge on any atom is -0.330 e. The first-order valence-corrected chi connectivity index (χ1v) is 8.37. The second-order valence-corrected chi connectivity index (χ2v) is 7.06. The van der Waals surface area contributed by atoms with Crippen molar-refractivity contribution in [3.8, 4) is 17.2 Å². The molecule has 0 heterocycles. The quantitative estimate of drug-likeness (QED) is 0.888. The Morgan fingerprint density at radius 1 is 1.22 bits per heavy atom. The number of fused-ring (bicyclic) bond motifs is 2. The highest BCUT2D eigenvalue weighted by molar-refractivity contribution is 6.32. The molecule has 0 radical (unpaired) electrons. The van der Waals surface area contributed by atoms with Gasteiger partial charge in [0.05, 0.1) is 6.07 Å². The van der Waals surface area contributed by atoms with E-state index in [9.17, 15) is 5.26 Å². The lowest BCUT2D eigenvalue weighted by Crippen LogP contribution is -2.49. The molecule has 2 nitrogen and oxygen atoms in total. The average molecular weight is 325 g/mol. The minimum atomic E-state index is -0.677. The van der Waals surface area contributed by atoms with Gasteiger partial charge in [-0.1, -0.05) is 55.8 Å². The molecule has 0 saturated carbocycles. The maximum atomic E-state index is 10.1. The molecular formula is C20H21ClN2. The van der Waals surface area contributed by atoms with Gasteiger partial charge in [0.15, 0.2) is 0 Å². The largest absolute Gasteiger partial charge is 0.330 e. The van der Waals surface area contributed by atoms with Crippen LogP contribution >= 0.6 is 11.6 Å². The van der Waals surface area contributed by atoms with E-state index in [0.717, 1.165) is 27.8 Å². The molecule has 2 unspecified atom stereocenters. The Bertz CT molecular complexity index is 783. The van der Waals surface area contributed by atoms with Gasteiger partial charge >= 0.3 is 0 Å². The van der Waals surface area contributed by atoms with E-state index in [-0.39, 0.29) is 5.92 Å². The Kier molecular flexibility index (Phi) is 3.96. The summed E-state index contributed by atoms with van der Waals surface area (Å²) in [5.41, 5.74) is 10.8. The van der Waals surface area contributed by atoms with Crippen molar-refractivity contribution in [3.63, 3.8) is 0 Å². The number of halogens is 1. The summed E-state index contributed by atoms with van der Waals surface area (Å²) < 4.78 is 0. The van der Waals surface area contributed by atoms with Gasteiger partial charge in [0.1, 0.15) is 5.41 Å². The number of hydrogen-bond acceptors (Lipinski definition) is 2. The molecule has 0 amide bonds. The molecule has 0 fully saturated rings. The zero-order valence-corrected chi connectivity index (χ0v) is 14.5. The highest BCUT2D eigenvalue weighted by Gasteiger charge is 2.54. The molecule has 2 aromatic rings. The molecule has 4 rings (SSSR count). The first-order chi connectivity index (χ1) is 11.0. The molecule has 23 heavy (non-hydrogen) atoms. The number of aryl methyl sites for hydroxylation is 1. The summed E-state index contributed by atoms with van der Waals surface area (Å²) in [7, 11) is 0. The maximum absolute atomic E-state index is 10.1. The van der Waals surface area contributed by atoms with Gasteiger partial charge in [-0.25, -0.2) is 0 Å². The van der Waals surface area contributed by atoms with Crippen molar-refractivity contribution in [2.24, 2.45) is 17.6 Å². The van der Waals surface area contributed by atoms with Gasteiger partial charge in [0.2, 0.25) is 0 Å². The van der Waals surface area contributed by atoms with Crippen LogP contribution in [0.4, 0.5) is 0 Å². The summed E-state index contributed by atoms with van der Waals surface area (Å²) in [5.74, 6) is 0.361. The standard InChI is InChI=1S/C20H21ClN2/c1-12(2)16(10-22)20(11-23)18-13(3)19(20)17(21)9-15(18)14-7-5-4-6-8-14/h4-9,12,16H,10,22H2,1-3H3. The molecule has 2 aromatic carbocycles. The van der Waals surface area contributed by atoms with Crippen LogP contribution < -0.4 is 5.73 Å². The number of nitriles is 1. The van der Waals surface area contributed by atoms with Crippen molar-refractivity contribution in [1.82, 2.24) is 0 Å². The van der Waals surface area contributed by atoms with Crippen LogP contribution in [0.15, 0.2) is 36.4 Å². The Morgan fingerprint density at radius 2 is 1.87 bits per heavy atom. The second kappa shape index (κ2) is 5.67. The van der Waals surface area contributed by atoms with Crippen LogP contribution in [0.3, 0.4) is 0 Å².